The summed E-state index contributed by atoms with van der Waals surface area (Å²) in [6.07, 6.45) is 2.26. The van der Waals surface area contributed by atoms with E-state index >= 15 is 0 Å². The molecular weight excluding hydrogens is 316 g/mol. The molecule has 3 N–H and O–H groups in total. The van der Waals surface area contributed by atoms with E-state index in [1.165, 1.54) is 23.0 Å². The molecule has 0 saturated carbocycles. The molecule has 0 aromatic carbocycles. The van der Waals surface area contributed by atoms with Crippen LogP contribution in [0.25, 0.3) is 0 Å². The molecule has 2 aromatic rings. The molecule has 126 valence electrons. The molecule has 1 saturated heterocycles. The predicted molar refractivity (Wildman–Crippen MR) is 82.3 cm³/mol. The molecule has 3 rings (SSSR count). The summed E-state index contributed by atoms with van der Waals surface area (Å²) in [5.41, 5.74) is -0.286. The molecular formula is C15H16N4O5. The zero-order chi connectivity index (χ0) is 17.1. The SMILES string of the molecule is O=C(Nc1ccn([C@H]2C[C@H](O)[C@@H](CO)O2)c(=O)n1)c1cccnc1. The number of nitrogens with zero attached hydrogens (tertiary/aromatic N) is 3. The molecule has 0 unspecified atom stereocenters. The topological polar surface area (TPSA) is 127 Å². The van der Waals surface area contributed by atoms with E-state index in [1.807, 2.05) is 0 Å². The van der Waals surface area contributed by atoms with Crippen molar-refractivity contribution in [2.45, 2.75) is 24.9 Å². The maximum atomic E-state index is 12.1. The first-order valence-electron chi connectivity index (χ1n) is 7.33. The van der Waals surface area contributed by atoms with Crippen LogP contribution in [0, 0.1) is 0 Å². The number of hydrogen-bond acceptors (Lipinski definition) is 7. The van der Waals surface area contributed by atoms with Gasteiger partial charge in [-0.05, 0) is 18.2 Å². The van der Waals surface area contributed by atoms with Crippen molar-refractivity contribution in [3.63, 3.8) is 0 Å². The third-order valence-electron chi connectivity index (χ3n) is 3.69. The lowest BCUT2D eigenvalue weighted by atomic mass is 10.2. The number of aliphatic hydroxyl groups excluding tert-OH is 2. The second kappa shape index (κ2) is 6.87. The first kappa shape index (κ1) is 16.2. The van der Waals surface area contributed by atoms with Gasteiger partial charge < -0.3 is 20.3 Å². The van der Waals surface area contributed by atoms with Crippen LogP contribution in [0.2, 0.25) is 0 Å². The third-order valence-corrected chi connectivity index (χ3v) is 3.69. The van der Waals surface area contributed by atoms with E-state index in [9.17, 15) is 14.7 Å². The molecule has 24 heavy (non-hydrogen) atoms. The Hall–Kier alpha value is -2.62. The molecule has 0 aliphatic carbocycles. The lowest BCUT2D eigenvalue weighted by molar-refractivity contribution is -0.0458. The fourth-order valence-electron chi connectivity index (χ4n) is 2.44. The Bertz CT molecular complexity index is 779. The molecule has 3 heterocycles. The lowest BCUT2D eigenvalue weighted by Gasteiger charge is -2.14. The van der Waals surface area contributed by atoms with Crippen molar-refractivity contribution in [1.29, 1.82) is 0 Å². The Morgan fingerprint density at radius 3 is 2.92 bits per heavy atom. The smallest absolute Gasteiger partial charge is 0.351 e. The van der Waals surface area contributed by atoms with Gasteiger partial charge in [-0.3, -0.25) is 14.3 Å². The van der Waals surface area contributed by atoms with E-state index in [4.69, 9.17) is 9.84 Å². The summed E-state index contributed by atoms with van der Waals surface area (Å²) in [7, 11) is 0. The van der Waals surface area contributed by atoms with E-state index < -0.39 is 30.0 Å². The monoisotopic (exact) mass is 332 g/mol. The Labute approximate surface area is 136 Å². The van der Waals surface area contributed by atoms with Crippen LogP contribution in [0.1, 0.15) is 23.0 Å². The van der Waals surface area contributed by atoms with Crippen molar-refractivity contribution < 1.29 is 19.7 Å². The van der Waals surface area contributed by atoms with Gasteiger partial charge >= 0.3 is 5.69 Å². The summed E-state index contributed by atoms with van der Waals surface area (Å²) in [5.74, 6) is -0.331. The minimum absolute atomic E-state index is 0.0994. The van der Waals surface area contributed by atoms with Gasteiger partial charge in [-0.25, -0.2) is 4.79 Å². The normalized spacial score (nSPS) is 23.2. The Kier molecular flexibility index (Phi) is 4.65. The highest BCUT2D eigenvalue weighted by molar-refractivity contribution is 6.03. The van der Waals surface area contributed by atoms with Crippen LogP contribution in [0.15, 0.2) is 41.6 Å². The number of nitrogens with one attached hydrogen (secondary N) is 1. The van der Waals surface area contributed by atoms with Crippen molar-refractivity contribution in [1.82, 2.24) is 14.5 Å². The van der Waals surface area contributed by atoms with Crippen LogP contribution < -0.4 is 11.0 Å². The first-order chi connectivity index (χ1) is 11.6. The maximum Gasteiger partial charge on any atom is 0.351 e. The molecule has 0 radical (unpaired) electrons. The molecule has 1 aliphatic heterocycles. The minimum Gasteiger partial charge on any atom is -0.394 e. The van der Waals surface area contributed by atoms with Crippen molar-refractivity contribution in [3.05, 3.63) is 52.8 Å². The van der Waals surface area contributed by atoms with Crippen molar-refractivity contribution >= 4 is 11.7 Å². The van der Waals surface area contributed by atoms with Gasteiger partial charge in [0, 0.05) is 25.0 Å². The molecule has 9 nitrogen and oxygen atoms in total. The number of ether oxygens (including phenoxy) is 1. The van der Waals surface area contributed by atoms with E-state index in [1.54, 1.807) is 18.3 Å². The van der Waals surface area contributed by atoms with E-state index in [2.05, 4.69) is 15.3 Å². The van der Waals surface area contributed by atoms with E-state index in [-0.39, 0.29) is 18.8 Å². The van der Waals surface area contributed by atoms with Gasteiger partial charge in [0.25, 0.3) is 5.91 Å². The average Bonchev–Trinajstić information content (AvgIpc) is 2.96. The van der Waals surface area contributed by atoms with Gasteiger partial charge in [0.15, 0.2) is 0 Å². The van der Waals surface area contributed by atoms with Gasteiger partial charge in [0.1, 0.15) is 18.1 Å². The summed E-state index contributed by atoms with van der Waals surface area (Å²) in [4.78, 5) is 31.8. The highest BCUT2D eigenvalue weighted by atomic mass is 16.5. The molecule has 2 aromatic heterocycles. The zero-order valence-corrected chi connectivity index (χ0v) is 12.6. The number of pyridine rings is 1. The maximum absolute atomic E-state index is 12.1. The summed E-state index contributed by atoms with van der Waals surface area (Å²) in [6.45, 7) is -0.334. The number of aromatic nitrogens is 3. The molecule has 1 aliphatic rings. The Balaban J connectivity index is 1.74. The molecule has 0 spiro atoms. The van der Waals surface area contributed by atoms with Gasteiger partial charge in [-0.1, -0.05) is 0 Å². The van der Waals surface area contributed by atoms with Crippen LogP contribution in [0.5, 0.6) is 0 Å². The highest BCUT2D eigenvalue weighted by Crippen LogP contribution is 2.27. The van der Waals surface area contributed by atoms with E-state index in [0.717, 1.165) is 0 Å². The molecule has 1 fully saturated rings. The van der Waals surface area contributed by atoms with Crippen molar-refractivity contribution in [3.8, 4) is 0 Å². The first-order valence-corrected chi connectivity index (χ1v) is 7.33. The van der Waals surface area contributed by atoms with Gasteiger partial charge in [0.05, 0.1) is 18.3 Å². The van der Waals surface area contributed by atoms with Crippen LogP contribution in [0.3, 0.4) is 0 Å². The van der Waals surface area contributed by atoms with Crippen LogP contribution >= 0.6 is 0 Å². The summed E-state index contributed by atoms with van der Waals surface area (Å²) in [5, 5.41) is 21.3. The van der Waals surface area contributed by atoms with Gasteiger partial charge in [-0.15, -0.1) is 0 Å². The standard InChI is InChI=1S/C15H16N4O5/c20-8-11-10(21)6-13(24-11)19-5-3-12(18-15(19)23)17-14(22)9-2-1-4-16-7-9/h1-5,7,10-11,13,20-21H,6,8H2,(H,17,18,22,23)/t10-,11+,13+/m0/s1. The quantitative estimate of drug-likeness (QED) is 0.691. The molecule has 9 heteroatoms. The molecule has 1 amide bonds. The fourth-order valence-corrected chi connectivity index (χ4v) is 2.44. The average molecular weight is 332 g/mol. The van der Waals surface area contributed by atoms with Crippen LogP contribution in [0.4, 0.5) is 5.82 Å². The van der Waals surface area contributed by atoms with Crippen LogP contribution in [-0.2, 0) is 4.74 Å². The Morgan fingerprint density at radius 2 is 2.29 bits per heavy atom. The Morgan fingerprint density at radius 1 is 1.46 bits per heavy atom. The van der Waals surface area contributed by atoms with Crippen LogP contribution in [-0.4, -0.2) is 49.5 Å². The number of rotatable bonds is 4. The van der Waals surface area contributed by atoms with E-state index in [0.29, 0.717) is 5.56 Å². The summed E-state index contributed by atoms with van der Waals surface area (Å²) in [6, 6.07) is 4.67. The lowest BCUT2D eigenvalue weighted by Crippen LogP contribution is -2.28. The predicted octanol–water partition coefficient (Wildman–Crippen LogP) is -0.469. The van der Waals surface area contributed by atoms with Gasteiger partial charge in [-0.2, -0.15) is 4.98 Å². The number of aliphatic hydroxyl groups is 2. The number of hydrogen-bond donors (Lipinski definition) is 3. The summed E-state index contributed by atoms with van der Waals surface area (Å²) >= 11 is 0. The zero-order valence-electron chi connectivity index (χ0n) is 12.6. The second-order valence-electron chi connectivity index (χ2n) is 5.31. The third kappa shape index (κ3) is 3.32. The molecule has 0 bridgehead atoms. The summed E-state index contributed by atoms with van der Waals surface area (Å²) < 4.78 is 6.61. The molecule has 3 atom stereocenters. The highest BCUT2D eigenvalue weighted by Gasteiger charge is 2.34. The second-order valence-corrected chi connectivity index (χ2v) is 5.31. The fraction of sp³-hybridized carbons (Fsp3) is 0.333. The number of anilines is 1. The largest absolute Gasteiger partial charge is 0.394 e. The van der Waals surface area contributed by atoms with Crippen molar-refractivity contribution in [2.75, 3.05) is 11.9 Å². The van der Waals surface area contributed by atoms with Crippen molar-refractivity contribution in [2.24, 2.45) is 0 Å². The number of carbonyl (C=O) groups excluding carboxylic acids is 1. The van der Waals surface area contributed by atoms with Gasteiger partial charge in [0.2, 0.25) is 0 Å². The minimum atomic E-state index is -0.850. The number of carbonyl (C=O) groups is 1. The number of amides is 1.